The molecule has 100 valence electrons. The summed E-state index contributed by atoms with van der Waals surface area (Å²) in [6, 6.07) is 9.43. The Balaban J connectivity index is 2.25. The van der Waals surface area contributed by atoms with Crippen molar-refractivity contribution in [2.24, 2.45) is 0 Å². The highest BCUT2D eigenvalue weighted by Crippen LogP contribution is 2.32. The quantitative estimate of drug-likeness (QED) is 0.914. The molecule has 1 atom stereocenters. The fraction of sp³-hybridized carbons (Fsp3) is 0.214. The van der Waals surface area contributed by atoms with Crippen molar-refractivity contribution in [1.82, 2.24) is 0 Å². The molecule has 1 aromatic carbocycles. The number of hydrogen-bond acceptors (Lipinski definition) is 3. The number of nitrogens with zero attached hydrogens (tertiary/aromatic N) is 1. The van der Waals surface area contributed by atoms with E-state index in [2.05, 4.69) is 0 Å². The van der Waals surface area contributed by atoms with E-state index in [9.17, 15) is 4.79 Å². The van der Waals surface area contributed by atoms with Gasteiger partial charge in [-0.2, -0.15) is 0 Å². The Kier molecular flexibility index (Phi) is 4.12. The predicted molar refractivity (Wildman–Crippen MR) is 79.5 cm³/mol. The second-order valence-corrected chi connectivity index (χ2v) is 5.60. The molecule has 0 aliphatic carbocycles. The third kappa shape index (κ3) is 2.91. The Bertz CT molecular complexity index is 597. The lowest BCUT2D eigenvalue weighted by molar-refractivity contribution is 0.0702. The molecule has 0 bridgehead atoms. The van der Waals surface area contributed by atoms with Crippen molar-refractivity contribution in [3.8, 4) is 0 Å². The van der Waals surface area contributed by atoms with Crippen molar-refractivity contribution in [3.05, 3.63) is 51.2 Å². The third-order valence-corrected chi connectivity index (χ3v) is 4.39. The SMILES string of the molecule is CC(c1ccccc1Cl)N(C)c1csc(C(=O)O)c1. The monoisotopic (exact) mass is 295 g/mol. The zero-order valence-corrected chi connectivity index (χ0v) is 12.2. The van der Waals surface area contributed by atoms with Gasteiger partial charge in [0.2, 0.25) is 0 Å². The molecule has 3 nitrogen and oxygen atoms in total. The first kappa shape index (κ1) is 13.9. The van der Waals surface area contributed by atoms with Crippen LogP contribution in [-0.4, -0.2) is 18.1 Å². The van der Waals surface area contributed by atoms with Crippen LogP contribution in [-0.2, 0) is 0 Å². The Morgan fingerprint density at radius 3 is 2.68 bits per heavy atom. The largest absolute Gasteiger partial charge is 0.477 e. The first-order valence-corrected chi connectivity index (χ1v) is 7.05. The van der Waals surface area contributed by atoms with Gasteiger partial charge in [-0.1, -0.05) is 29.8 Å². The van der Waals surface area contributed by atoms with Crippen LogP contribution in [0.5, 0.6) is 0 Å². The number of carbonyl (C=O) groups is 1. The molecule has 0 aliphatic heterocycles. The topological polar surface area (TPSA) is 40.5 Å². The molecule has 0 fully saturated rings. The highest BCUT2D eigenvalue weighted by atomic mass is 35.5. The first-order chi connectivity index (χ1) is 9.00. The number of thiophene rings is 1. The number of carboxylic acids is 1. The lowest BCUT2D eigenvalue weighted by atomic mass is 10.1. The van der Waals surface area contributed by atoms with Gasteiger partial charge in [-0.15, -0.1) is 11.3 Å². The molecule has 2 aromatic rings. The molecule has 0 saturated heterocycles. The molecule has 1 heterocycles. The van der Waals surface area contributed by atoms with Crippen molar-refractivity contribution >= 4 is 34.6 Å². The Morgan fingerprint density at radius 2 is 2.11 bits per heavy atom. The van der Waals surface area contributed by atoms with E-state index < -0.39 is 5.97 Å². The smallest absolute Gasteiger partial charge is 0.345 e. The lowest BCUT2D eigenvalue weighted by Gasteiger charge is -2.27. The summed E-state index contributed by atoms with van der Waals surface area (Å²) in [5, 5.41) is 11.5. The molecular weight excluding hydrogens is 282 g/mol. The summed E-state index contributed by atoms with van der Waals surface area (Å²) in [6.07, 6.45) is 0. The van der Waals surface area contributed by atoms with Gasteiger partial charge in [0.15, 0.2) is 0 Å². The average molecular weight is 296 g/mol. The van der Waals surface area contributed by atoms with Crippen molar-refractivity contribution < 1.29 is 9.90 Å². The number of anilines is 1. The van der Waals surface area contributed by atoms with E-state index in [0.29, 0.717) is 4.88 Å². The molecule has 0 spiro atoms. The van der Waals surface area contributed by atoms with Gasteiger partial charge in [-0.25, -0.2) is 4.79 Å². The standard InChI is InChI=1S/C14H14ClNO2S/c1-9(11-5-3-4-6-12(11)15)16(2)10-7-13(14(17)18)19-8-10/h3-9H,1-2H3,(H,17,18). The average Bonchev–Trinajstić information content (AvgIpc) is 2.87. The van der Waals surface area contributed by atoms with Gasteiger partial charge in [-0.3, -0.25) is 0 Å². The Labute approximate surface area is 121 Å². The van der Waals surface area contributed by atoms with Gasteiger partial charge in [-0.05, 0) is 24.6 Å². The fourth-order valence-corrected chi connectivity index (χ4v) is 2.93. The first-order valence-electron chi connectivity index (χ1n) is 5.79. The summed E-state index contributed by atoms with van der Waals surface area (Å²) in [5.74, 6) is -0.893. The lowest BCUT2D eigenvalue weighted by Crippen LogP contribution is -2.21. The van der Waals surface area contributed by atoms with Crippen LogP contribution >= 0.6 is 22.9 Å². The van der Waals surface area contributed by atoms with Crippen molar-refractivity contribution in [1.29, 1.82) is 0 Å². The fourth-order valence-electron chi connectivity index (χ4n) is 1.87. The number of carboxylic acid groups (broad SMARTS) is 1. The molecule has 1 N–H and O–H groups in total. The van der Waals surface area contributed by atoms with E-state index in [0.717, 1.165) is 16.3 Å². The van der Waals surface area contributed by atoms with Gasteiger partial charge < -0.3 is 10.0 Å². The van der Waals surface area contributed by atoms with E-state index in [-0.39, 0.29) is 6.04 Å². The zero-order chi connectivity index (χ0) is 14.0. The maximum absolute atomic E-state index is 10.9. The van der Waals surface area contributed by atoms with Crippen LogP contribution in [0.4, 0.5) is 5.69 Å². The summed E-state index contributed by atoms with van der Waals surface area (Å²) in [7, 11) is 1.93. The molecule has 1 unspecified atom stereocenters. The van der Waals surface area contributed by atoms with Gasteiger partial charge in [0.1, 0.15) is 4.88 Å². The Hall–Kier alpha value is -1.52. The minimum atomic E-state index is -0.893. The van der Waals surface area contributed by atoms with Crippen LogP contribution < -0.4 is 4.90 Å². The maximum atomic E-state index is 10.9. The maximum Gasteiger partial charge on any atom is 0.345 e. The summed E-state index contributed by atoms with van der Waals surface area (Å²) in [4.78, 5) is 13.3. The second kappa shape index (κ2) is 5.63. The van der Waals surface area contributed by atoms with Crippen molar-refractivity contribution in [2.75, 3.05) is 11.9 Å². The third-order valence-electron chi connectivity index (χ3n) is 3.14. The molecule has 0 radical (unpaired) electrons. The molecule has 0 aliphatic rings. The zero-order valence-electron chi connectivity index (χ0n) is 10.6. The highest BCUT2D eigenvalue weighted by molar-refractivity contribution is 7.12. The van der Waals surface area contributed by atoms with E-state index in [1.165, 1.54) is 11.3 Å². The van der Waals surface area contributed by atoms with E-state index >= 15 is 0 Å². The molecule has 19 heavy (non-hydrogen) atoms. The summed E-state index contributed by atoms with van der Waals surface area (Å²) in [5.41, 5.74) is 1.91. The van der Waals surface area contributed by atoms with Crippen LogP contribution in [0.2, 0.25) is 5.02 Å². The molecular formula is C14H14ClNO2S. The van der Waals surface area contributed by atoms with E-state index in [1.54, 1.807) is 6.07 Å². The minimum Gasteiger partial charge on any atom is -0.477 e. The molecule has 5 heteroatoms. The molecule has 0 amide bonds. The Morgan fingerprint density at radius 1 is 1.42 bits per heavy atom. The molecule has 2 rings (SSSR count). The molecule has 1 aromatic heterocycles. The van der Waals surface area contributed by atoms with Gasteiger partial charge in [0.05, 0.1) is 6.04 Å². The normalized spacial score (nSPS) is 12.2. The highest BCUT2D eigenvalue weighted by Gasteiger charge is 2.17. The van der Waals surface area contributed by atoms with E-state index in [1.807, 2.05) is 48.5 Å². The minimum absolute atomic E-state index is 0.0740. The predicted octanol–water partition coefficient (Wildman–Crippen LogP) is 4.30. The summed E-state index contributed by atoms with van der Waals surface area (Å²) < 4.78 is 0. The number of halogens is 1. The van der Waals surface area contributed by atoms with Crippen LogP contribution in [0.1, 0.15) is 28.2 Å². The van der Waals surface area contributed by atoms with Crippen LogP contribution in [0, 0.1) is 0 Å². The van der Waals surface area contributed by atoms with Crippen molar-refractivity contribution in [3.63, 3.8) is 0 Å². The summed E-state index contributed by atoms with van der Waals surface area (Å²) in [6.45, 7) is 2.04. The number of benzene rings is 1. The van der Waals surface area contributed by atoms with Crippen molar-refractivity contribution in [2.45, 2.75) is 13.0 Å². The van der Waals surface area contributed by atoms with Gasteiger partial charge in [0.25, 0.3) is 0 Å². The van der Waals surface area contributed by atoms with Gasteiger partial charge >= 0.3 is 5.97 Å². The number of hydrogen-bond donors (Lipinski definition) is 1. The van der Waals surface area contributed by atoms with Crippen LogP contribution in [0.15, 0.2) is 35.7 Å². The number of rotatable bonds is 4. The second-order valence-electron chi connectivity index (χ2n) is 4.28. The van der Waals surface area contributed by atoms with Crippen LogP contribution in [0.3, 0.4) is 0 Å². The van der Waals surface area contributed by atoms with Gasteiger partial charge in [0, 0.05) is 23.1 Å². The molecule has 0 saturated carbocycles. The van der Waals surface area contributed by atoms with E-state index in [4.69, 9.17) is 16.7 Å². The van der Waals surface area contributed by atoms with Crippen LogP contribution in [0.25, 0.3) is 0 Å². The summed E-state index contributed by atoms with van der Waals surface area (Å²) >= 11 is 7.42. The number of aromatic carboxylic acids is 1.